The normalized spacial score (nSPS) is 19.3. The van der Waals surface area contributed by atoms with Crippen LogP contribution in [0.25, 0.3) is 0 Å². The first-order chi connectivity index (χ1) is 11.7. The summed E-state index contributed by atoms with van der Waals surface area (Å²) in [5.74, 6) is 0.491. The van der Waals surface area contributed by atoms with Gasteiger partial charge in [0.1, 0.15) is 5.84 Å². The van der Waals surface area contributed by atoms with Gasteiger partial charge in [0.25, 0.3) is 10.0 Å². The number of amides is 1. The molecule has 25 heavy (non-hydrogen) atoms. The Morgan fingerprint density at radius 1 is 1.36 bits per heavy atom. The van der Waals surface area contributed by atoms with Crippen molar-refractivity contribution in [3.63, 3.8) is 0 Å². The largest absolute Gasteiger partial charge is 0.349 e. The molecule has 8 heteroatoms. The Balaban J connectivity index is 1.92. The lowest BCUT2D eigenvalue weighted by Crippen LogP contribution is -2.55. The van der Waals surface area contributed by atoms with Crippen LogP contribution in [0.5, 0.6) is 0 Å². The molecule has 0 aliphatic carbocycles. The molecule has 0 aromatic heterocycles. The number of carbonyl (C=O) groups excluding carboxylic acids is 1. The Hall–Kier alpha value is -1.93. The summed E-state index contributed by atoms with van der Waals surface area (Å²) in [7, 11) is -3.52. The molecule has 7 nitrogen and oxygen atoms in total. The van der Waals surface area contributed by atoms with Crippen LogP contribution in [0.2, 0.25) is 0 Å². The maximum absolute atomic E-state index is 12.1. The van der Waals surface area contributed by atoms with E-state index in [-0.39, 0.29) is 16.7 Å². The number of benzene rings is 1. The van der Waals surface area contributed by atoms with Gasteiger partial charge < -0.3 is 11.1 Å². The van der Waals surface area contributed by atoms with Crippen LogP contribution in [0.15, 0.2) is 34.2 Å². The van der Waals surface area contributed by atoms with E-state index in [0.29, 0.717) is 37.3 Å². The van der Waals surface area contributed by atoms with Crippen molar-refractivity contribution in [2.24, 2.45) is 16.6 Å². The molecular weight excluding hydrogens is 340 g/mol. The zero-order valence-corrected chi connectivity index (χ0v) is 15.7. The average molecular weight is 366 g/mol. The number of hydrogen-bond acceptors (Lipinski definition) is 5. The predicted molar refractivity (Wildman–Crippen MR) is 97.8 cm³/mol. The third kappa shape index (κ3) is 4.38. The molecule has 2 rings (SSSR count). The predicted octanol–water partition coefficient (Wildman–Crippen LogP) is 0.995. The molecule has 1 atom stereocenters. The van der Waals surface area contributed by atoms with E-state index in [1.807, 2.05) is 20.8 Å². The number of nitrogens with one attached hydrogen (secondary N) is 2. The SMILES string of the molecule is CC(C)C(C)(CN)NC(=O)CCCN=C1NS(=O)(=O)c2ccccc21. The van der Waals surface area contributed by atoms with Gasteiger partial charge in [0.15, 0.2) is 0 Å². The Kier molecular flexibility index (Phi) is 5.84. The van der Waals surface area contributed by atoms with E-state index in [1.54, 1.807) is 24.3 Å². The van der Waals surface area contributed by atoms with Crippen LogP contribution in [0, 0.1) is 5.92 Å². The van der Waals surface area contributed by atoms with Crippen LogP contribution in [-0.2, 0) is 14.8 Å². The average Bonchev–Trinajstić information content (AvgIpc) is 2.82. The van der Waals surface area contributed by atoms with Gasteiger partial charge in [-0.2, -0.15) is 0 Å². The lowest BCUT2D eigenvalue weighted by molar-refractivity contribution is -0.123. The van der Waals surface area contributed by atoms with Gasteiger partial charge in [0.05, 0.1) is 10.4 Å². The van der Waals surface area contributed by atoms with E-state index in [4.69, 9.17) is 5.73 Å². The highest BCUT2D eigenvalue weighted by molar-refractivity contribution is 7.90. The summed E-state index contributed by atoms with van der Waals surface area (Å²) in [5.41, 5.74) is 5.91. The molecule has 0 bridgehead atoms. The van der Waals surface area contributed by atoms with Gasteiger partial charge in [-0.1, -0.05) is 26.0 Å². The summed E-state index contributed by atoms with van der Waals surface area (Å²) < 4.78 is 26.4. The first-order valence-electron chi connectivity index (χ1n) is 8.37. The van der Waals surface area contributed by atoms with Crippen molar-refractivity contribution >= 4 is 21.8 Å². The molecule has 138 valence electrons. The number of amidine groups is 1. The highest BCUT2D eigenvalue weighted by Crippen LogP contribution is 2.22. The smallest absolute Gasteiger partial charge is 0.263 e. The van der Waals surface area contributed by atoms with Gasteiger partial charge in [-0.15, -0.1) is 0 Å². The highest BCUT2D eigenvalue weighted by Gasteiger charge is 2.30. The van der Waals surface area contributed by atoms with Crippen molar-refractivity contribution in [2.75, 3.05) is 13.1 Å². The second-order valence-corrected chi connectivity index (χ2v) is 8.41. The summed E-state index contributed by atoms with van der Waals surface area (Å²) in [6.45, 7) is 6.70. The first kappa shape index (κ1) is 19.4. The van der Waals surface area contributed by atoms with Gasteiger partial charge in [0.2, 0.25) is 5.91 Å². The van der Waals surface area contributed by atoms with E-state index in [9.17, 15) is 13.2 Å². The molecule has 0 saturated carbocycles. The van der Waals surface area contributed by atoms with Crippen molar-refractivity contribution in [3.05, 3.63) is 29.8 Å². The van der Waals surface area contributed by atoms with Crippen LogP contribution in [0.3, 0.4) is 0 Å². The second kappa shape index (κ2) is 7.53. The first-order valence-corrected chi connectivity index (χ1v) is 9.85. The lowest BCUT2D eigenvalue weighted by Gasteiger charge is -2.33. The molecule has 1 unspecified atom stereocenters. The lowest BCUT2D eigenvalue weighted by atomic mass is 9.88. The summed E-state index contributed by atoms with van der Waals surface area (Å²) >= 11 is 0. The minimum Gasteiger partial charge on any atom is -0.349 e. The third-order valence-corrected chi connectivity index (χ3v) is 6.01. The van der Waals surface area contributed by atoms with E-state index in [0.717, 1.165) is 0 Å². The van der Waals surface area contributed by atoms with Gasteiger partial charge >= 0.3 is 0 Å². The van der Waals surface area contributed by atoms with Crippen molar-refractivity contribution in [1.82, 2.24) is 10.0 Å². The van der Waals surface area contributed by atoms with Gasteiger partial charge in [-0.25, -0.2) is 8.42 Å². The zero-order chi connectivity index (χ0) is 18.7. The second-order valence-electron chi connectivity index (χ2n) is 6.76. The van der Waals surface area contributed by atoms with Crippen molar-refractivity contribution in [3.8, 4) is 0 Å². The van der Waals surface area contributed by atoms with Crippen LogP contribution in [-0.4, -0.2) is 38.8 Å². The summed E-state index contributed by atoms with van der Waals surface area (Å²) in [6, 6.07) is 6.71. The van der Waals surface area contributed by atoms with E-state index >= 15 is 0 Å². The van der Waals surface area contributed by atoms with Gasteiger partial charge in [-0.05, 0) is 31.4 Å². The van der Waals surface area contributed by atoms with Crippen LogP contribution < -0.4 is 15.8 Å². The van der Waals surface area contributed by atoms with Crippen molar-refractivity contribution in [1.29, 1.82) is 0 Å². The number of fused-ring (bicyclic) bond motifs is 1. The number of nitrogens with two attached hydrogens (primary N) is 1. The Labute approximate surface area is 149 Å². The summed E-state index contributed by atoms with van der Waals surface area (Å²) in [4.78, 5) is 16.6. The minimum atomic E-state index is -3.52. The molecule has 0 radical (unpaired) electrons. The van der Waals surface area contributed by atoms with Crippen molar-refractivity contribution in [2.45, 2.75) is 44.0 Å². The Morgan fingerprint density at radius 3 is 2.68 bits per heavy atom. The molecule has 1 aromatic rings. The van der Waals surface area contributed by atoms with E-state index in [2.05, 4.69) is 15.0 Å². The Bertz CT molecular complexity index is 774. The number of nitrogens with zero attached hydrogens (tertiary/aromatic N) is 1. The van der Waals surface area contributed by atoms with E-state index < -0.39 is 15.6 Å². The van der Waals surface area contributed by atoms with Gasteiger partial charge in [0, 0.05) is 25.1 Å². The number of hydrogen-bond donors (Lipinski definition) is 3. The quantitative estimate of drug-likeness (QED) is 0.625. The summed E-state index contributed by atoms with van der Waals surface area (Å²) in [6.07, 6.45) is 0.839. The molecule has 4 N–H and O–H groups in total. The van der Waals surface area contributed by atoms with E-state index in [1.165, 1.54) is 0 Å². The fraction of sp³-hybridized carbons (Fsp3) is 0.529. The maximum atomic E-state index is 12.1. The molecular formula is C17H26N4O3S. The monoisotopic (exact) mass is 366 g/mol. The molecule has 0 saturated heterocycles. The number of sulfonamides is 1. The van der Waals surface area contributed by atoms with Crippen molar-refractivity contribution < 1.29 is 13.2 Å². The van der Waals surface area contributed by atoms with Crippen LogP contribution >= 0.6 is 0 Å². The highest BCUT2D eigenvalue weighted by atomic mass is 32.2. The van der Waals surface area contributed by atoms with Crippen LogP contribution in [0.1, 0.15) is 39.2 Å². The molecule has 1 heterocycles. The zero-order valence-electron chi connectivity index (χ0n) is 14.9. The number of carbonyl (C=O) groups is 1. The molecule has 1 aliphatic heterocycles. The third-order valence-electron chi connectivity index (χ3n) is 4.62. The molecule has 0 fully saturated rings. The molecule has 0 spiro atoms. The fourth-order valence-corrected chi connectivity index (χ4v) is 3.74. The number of rotatable bonds is 7. The fourth-order valence-electron chi connectivity index (χ4n) is 2.49. The number of aliphatic imine (C=N–C) groups is 1. The molecule has 1 aromatic carbocycles. The molecule has 1 amide bonds. The van der Waals surface area contributed by atoms with Gasteiger partial charge in [-0.3, -0.25) is 14.5 Å². The maximum Gasteiger partial charge on any atom is 0.263 e. The summed E-state index contributed by atoms with van der Waals surface area (Å²) in [5, 5.41) is 2.98. The Morgan fingerprint density at radius 2 is 2.04 bits per heavy atom. The topological polar surface area (TPSA) is 114 Å². The standard InChI is InChI=1S/C17H26N4O3S/c1-12(2)17(3,11-18)20-15(22)9-6-10-19-16-13-7-4-5-8-14(13)25(23,24)21-16/h4-5,7-8,12H,6,9-11,18H2,1-3H3,(H,19,21)(H,20,22). The van der Waals surface area contributed by atoms with Crippen LogP contribution in [0.4, 0.5) is 0 Å². The molecule has 1 aliphatic rings. The minimum absolute atomic E-state index is 0.0748.